The van der Waals surface area contributed by atoms with Crippen molar-refractivity contribution >= 4 is 39.1 Å². The first-order valence-corrected chi connectivity index (χ1v) is 10.3. The fourth-order valence-corrected chi connectivity index (χ4v) is 5.60. The lowest BCUT2D eigenvalue weighted by Crippen LogP contribution is -2.22. The van der Waals surface area contributed by atoms with Gasteiger partial charge in [-0.3, -0.25) is 4.79 Å². The van der Waals surface area contributed by atoms with Crippen LogP contribution in [0.15, 0.2) is 34.2 Å². The molecule has 1 aliphatic carbocycles. The van der Waals surface area contributed by atoms with E-state index in [0.717, 1.165) is 45.9 Å². The number of aromatic nitrogens is 4. The molecular formula is C18H16N4OS2. The average Bonchev–Trinajstić information content (AvgIpc) is 3.27. The van der Waals surface area contributed by atoms with E-state index in [2.05, 4.69) is 10.2 Å². The minimum absolute atomic E-state index is 0.0209. The molecule has 126 valence electrons. The zero-order valence-electron chi connectivity index (χ0n) is 13.9. The minimum Gasteiger partial charge on any atom is -0.268 e. The van der Waals surface area contributed by atoms with E-state index in [1.165, 1.54) is 10.4 Å². The summed E-state index contributed by atoms with van der Waals surface area (Å²) in [6.07, 6.45) is 5.18. The van der Waals surface area contributed by atoms with Crippen LogP contribution >= 0.6 is 23.1 Å². The van der Waals surface area contributed by atoms with Gasteiger partial charge >= 0.3 is 0 Å². The molecule has 0 amide bonds. The Balaban J connectivity index is 2.01. The Bertz CT molecular complexity index is 1200. The molecule has 0 radical (unpaired) electrons. The highest BCUT2D eigenvalue weighted by Crippen LogP contribution is 2.37. The number of hydrogen-bond acceptors (Lipinski definition) is 5. The van der Waals surface area contributed by atoms with Gasteiger partial charge in [-0.05, 0) is 55.7 Å². The standard InChI is InChI=1S/C18H16N4OS2/c1-10-5-3-6-11(9-10)21-15(23)14-12-7-4-8-13(12)25-16(14)22-17(21)19-20-18(22)24-2/h3,5-6,9H,4,7-8H2,1-2H3. The van der Waals surface area contributed by atoms with Crippen LogP contribution in [0.1, 0.15) is 22.4 Å². The van der Waals surface area contributed by atoms with Gasteiger partial charge in [0.15, 0.2) is 5.16 Å². The molecule has 0 bridgehead atoms. The number of fused-ring (bicyclic) bond motifs is 5. The fraction of sp³-hybridized carbons (Fsp3) is 0.278. The summed E-state index contributed by atoms with van der Waals surface area (Å²) in [5.74, 6) is 0.590. The number of aryl methyl sites for hydroxylation is 3. The van der Waals surface area contributed by atoms with Gasteiger partial charge in [-0.1, -0.05) is 23.9 Å². The van der Waals surface area contributed by atoms with Crippen LogP contribution in [0.4, 0.5) is 0 Å². The first-order valence-electron chi connectivity index (χ1n) is 8.24. The summed E-state index contributed by atoms with van der Waals surface area (Å²) in [5, 5.41) is 10.3. The number of thioether (sulfide) groups is 1. The molecule has 25 heavy (non-hydrogen) atoms. The maximum Gasteiger partial charge on any atom is 0.268 e. The van der Waals surface area contributed by atoms with E-state index in [-0.39, 0.29) is 5.56 Å². The highest BCUT2D eigenvalue weighted by molar-refractivity contribution is 7.98. The smallest absolute Gasteiger partial charge is 0.268 e. The number of thiophene rings is 1. The normalized spacial score (nSPS) is 13.8. The second-order valence-electron chi connectivity index (χ2n) is 6.34. The third kappa shape index (κ3) is 2.05. The second kappa shape index (κ2) is 5.44. The molecule has 0 saturated heterocycles. The minimum atomic E-state index is 0.0209. The van der Waals surface area contributed by atoms with Crippen molar-refractivity contribution in [1.29, 1.82) is 0 Å². The molecule has 0 N–H and O–H groups in total. The number of nitrogens with zero attached hydrogens (tertiary/aromatic N) is 4. The summed E-state index contributed by atoms with van der Waals surface area (Å²) >= 11 is 3.28. The van der Waals surface area contributed by atoms with Gasteiger partial charge in [0.05, 0.1) is 11.1 Å². The Morgan fingerprint density at radius 2 is 2.12 bits per heavy atom. The zero-order chi connectivity index (χ0) is 17.1. The van der Waals surface area contributed by atoms with Crippen molar-refractivity contribution in [3.05, 3.63) is 50.6 Å². The molecule has 0 saturated carbocycles. The molecule has 0 unspecified atom stereocenters. The van der Waals surface area contributed by atoms with Gasteiger partial charge < -0.3 is 0 Å². The van der Waals surface area contributed by atoms with Gasteiger partial charge in [0.2, 0.25) is 5.78 Å². The molecule has 0 aliphatic heterocycles. The first-order chi connectivity index (χ1) is 12.2. The first kappa shape index (κ1) is 15.2. The lowest BCUT2D eigenvalue weighted by molar-refractivity contribution is 0.910. The van der Waals surface area contributed by atoms with Crippen LogP contribution in [-0.2, 0) is 12.8 Å². The maximum atomic E-state index is 13.5. The van der Waals surface area contributed by atoms with Gasteiger partial charge in [-0.2, -0.15) is 0 Å². The van der Waals surface area contributed by atoms with E-state index in [1.807, 2.05) is 41.8 Å². The van der Waals surface area contributed by atoms with E-state index in [9.17, 15) is 4.79 Å². The van der Waals surface area contributed by atoms with Crippen molar-refractivity contribution < 1.29 is 0 Å². The molecule has 4 aromatic rings. The molecule has 7 heteroatoms. The summed E-state index contributed by atoms with van der Waals surface area (Å²) in [6, 6.07) is 7.99. The monoisotopic (exact) mass is 368 g/mol. The lowest BCUT2D eigenvalue weighted by atomic mass is 10.2. The van der Waals surface area contributed by atoms with Crippen molar-refractivity contribution in [2.24, 2.45) is 0 Å². The molecule has 1 aliphatic rings. The predicted octanol–water partition coefficient (Wildman–Crippen LogP) is 3.61. The number of benzene rings is 1. The topological polar surface area (TPSA) is 52.2 Å². The van der Waals surface area contributed by atoms with E-state index >= 15 is 0 Å². The summed E-state index contributed by atoms with van der Waals surface area (Å²) in [5.41, 5.74) is 3.21. The number of hydrogen-bond donors (Lipinski definition) is 0. The molecule has 1 aromatic carbocycles. The second-order valence-corrected chi connectivity index (χ2v) is 8.20. The molecule has 0 atom stereocenters. The molecule has 5 nitrogen and oxygen atoms in total. The van der Waals surface area contributed by atoms with Crippen LogP contribution < -0.4 is 5.56 Å². The van der Waals surface area contributed by atoms with E-state index in [4.69, 9.17) is 0 Å². The zero-order valence-corrected chi connectivity index (χ0v) is 15.6. The SMILES string of the molecule is CSc1nnc2n(-c3cccc(C)c3)c(=O)c3c4c(sc3n12)CCC4. The summed E-state index contributed by atoms with van der Waals surface area (Å²) < 4.78 is 3.76. The molecule has 0 fully saturated rings. The van der Waals surface area contributed by atoms with E-state index in [0.29, 0.717) is 5.78 Å². The van der Waals surface area contributed by atoms with Crippen LogP contribution in [0.25, 0.3) is 21.7 Å². The average molecular weight is 368 g/mol. The van der Waals surface area contributed by atoms with Crippen LogP contribution in [-0.4, -0.2) is 25.4 Å². The van der Waals surface area contributed by atoms with Crippen molar-refractivity contribution in [2.75, 3.05) is 6.26 Å². The van der Waals surface area contributed by atoms with Crippen molar-refractivity contribution in [1.82, 2.24) is 19.2 Å². The largest absolute Gasteiger partial charge is 0.268 e. The fourth-order valence-electron chi connectivity index (χ4n) is 3.69. The third-order valence-corrected chi connectivity index (χ3v) is 6.69. The Morgan fingerprint density at radius 1 is 1.24 bits per heavy atom. The molecule has 3 aromatic heterocycles. The van der Waals surface area contributed by atoms with Crippen LogP contribution in [0, 0.1) is 6.92 Å². The highest BCUT2D eigenvalue weighted by Gasteiger charge is 2.26. The van der Waals surface area contributed by atoms with E-state index < -0.39 is 0 Å². The predicted molar refractivity (Wildman–Crippen MR) is 103 cm³/mol. The van der Waals surface area contributed by atoms with E-state index in [1.54, 1.807) is 27.7 Å². The molecule has 3 heterocycles. The van der Waals surface area contributed by atoms with Crippen LogP contribution in [0.5, 0.6) is 0 Å². The quantitative estimate of drug-likeness (QED) is 0.507. The van der Waals surface area contributed by atoms with Crippen LogP contribution in [0.3, 0.4) is 0 Å². The Morgan fingerprint density at radius 3 is 2.92 bits per heavy atom. The molecular weight excluding hydrogens is 352 g/mol. The highest BCUT2D eigenvalue weighted by atomic mass is 32.2. The van der Waals surface area contributed by atoms with Crippen molar-refractivity contribution in [3.8, 4) is 5.69 Å². The Kier molecular flexibility index (Phi) is 3.30. The maximum absolute atomic E-state index is 13.5. The van der Waals surface area contributed by atoms with Gasteiger partial charge in [0.1, 0.15) is 4.83 Å². The van der Waals surface area contributed by atoms with Gasteiger partial charge in [0.25, 0.3) is 5.56 Å². The van der Waals surface area contributed by atoms with Gasteiger partial charge in [0, 0.05) is 4.88 Å². The molecule has 5 rings (SSSR count). The van der Waals surface area contributed by atoms with Gasteiger partial charge in [-0.15, -0.1) is 21.5 Å². The van der Waals surface area contributed by atoms with Crippen molar-refractivity contribution in [3.63, 3.8) is 0 Å². The summed E-state index contributed by atoms with van der Waals surface area (Å²) in [6.45, 7) is 2.03. The number of rotatable bonds is 2. The Hall–Kier alpha value is -2.12. The van der Waals surface area contributed by atoms with Crippen molar-refractivity contribution in [2.45, 2.75) is 31.3 Å². The lowest BCUT2D eigenvalue weighted by Gasteiger charge is -2.10. The summed E-state index contributed by atoms with van der Waals surface area (Å²) in [4.78, 5) is 15.8. The van der Waals surface area contributed by atoms with Crippen LogP contribution in [0.2, 0.25) is 0 Å². The third-order valence-electron chi connectivity index (χ3n) is 4.78. The summed E-state index contributed by atoms with van der Waals surface area (Å²) in [7, 11) is 0. The van der Waals surface area contributed by atoms with Gasteiger partial charge in [-0.25, -0.2) is 8.97 Å². The molecule has 0 spiro atoms. The Labute approximate surface area is 152 Å².